The van der Waals surface area contributed by atoms with E-state index in [2.05, 4.69) is 25.6 Å². The van der Waals surface area contributed by atoms with Crippen molar-refractivity contribution in [1.29, 1.82) is 0 Å². The largest absolute Gasteiger partial charge is 0.383 e. The third kappa shape index (κ3) is 5.93. The van der Waals surface area contributed by atoms with Crippen molar-refractivity contribution >= 4 is 23.4 Å². The van der Waals surface area contributed by atoms with Gasteiger partial charge in [-0.3, -0.25) is 15.2 Å². The molecule has 2 atom stereocenters. The van der Waals surface area contributed by atoms with Crippen LogP contribution in [0, 0.1) is 11.6 Å². The second-order valence-corrected chi connectivity index (χ2v) is 9.59. The first kappa shape index (κ1) is 26.7. The van der Waals surface area contributed by atoms with Gasteiger partial charge in [0.05, 0.1) is 24.0 Å². The molecule has 2 N–H and O–H groups in total. The Labute approximate surface area is 229 Å². The Kier molecular flexibility index (Phi) is 8.16. The van der Waals surface area contributed by atoms with Crippen molar-refractivity contribution in [1.82, 2.24) is 25.0 Å². The molecule has 0 unspecified atom stereocenters. The molecule has 1 aliphatic heterocycles. The van der Waals surface area contributed by atoms with Gasteiger partial charge in [-0.25, -0.2) is 18.3 Å². The number of pyridine rings is 1. The summed E-state index contributed by atoms with van der Waals surface area (Å²) in [5.41, 5.74) is 2.28. The van der Waals surface area contributed by atoms with Gasteiger partial charge in [-0.15, -0.1) is 0 Å². The summed E-state index contributed by atoms with van der Waals surface area (Å²) in [6.45, 7) is 2.19. The van der Waals surface area contributed by atoms with E-state index in [-0.39, 0.29) is 22.8 Å². The maximum Gasteiger partial charge on any atom is 0.320 e. The van der Waals surface area contributed by atoms with Gasteiger partial charge in [0.15, 0.2) is 17.5 Å². The highest BCUT2D eigenvalue weighted by molar-refractivity contribution is 6.36. The number of amides is 2. The molecule has 1 saturated heterocycles. The minimum absolute atomic E-state index is 0.234. The Hall–Kier alpha value is -3.86. The average molecular weight is 553 g/mol. The molecule has 0 saturated carbocycles. The molecular weight excluding hydrogens is 526 g/mol. The number of ether oxygens (including phenoxy) is 1. The quantitative estimate of drug-likeness (QED) is 0.318. The van der Waals surface area contributed by atoms with E-state index < -0.39 is 17.7 Å². The van der Waals surface area contributed by atoms with Crippen LogP contribution in [0.15, 0.2) is 72.9 Å². The van der Waals surface area contributed by atoms with Crippen LogP contribution in [0.5, 0.6) is 0 Å². The van der Waals surface area contributed by atoms with Crippen molar-refractivity contribution in [3.8, 4) is 17.1 Å². The molecular formula is C28H27ClF2N6O2. The molecule has 4 aromatic rings. The van der Waals surface area contributed by atoms with Crippen molar-refractivity contribution in [2.75, 3.05) is 38.7 Å². The maximum atomic E-state index is 14.1. The Morgan fingerprint density at radius 3 is 2.59 bits per heavy atom. The fourth-order valence-electron chi connectivity index (χ4n) is 4.76. The number of likely N-dealkylation sites (tertiary alicyclic amines) is 1. The van der Waals surface area contributed by atoms with E-state index in [1.807, 2.05) is 36.4 Å². The number of aromatic nitrogens is 3. The number of urea groups is 1. The Balaban J connectivity index is 1.42. The standard InChI is InChI=1S/C28H27ClF2N6O2/c1-39-14-13-36-16-20(18-10-11-21(30)22(31)15-18)24(17-36)33-28(38)34-27-25(29)26(23-9-5-6-12-32-23)35-37(27)19-7-3-2-4-8-19/h2-12,15,20,24H,13-14,16-17H2,1H3,(H2,33,34,38)/t20-,24+/m0/s1. The highest BCUT2D eigenvalue weighted by atomic mass is 35.5. The van der Waals surface area contributed by atoms with Crippen molar-refractivity contribution in [3.63, 3.8) is 0 Å². The van der Waals surface area contributed by atoms with E-state index >= 15 is 0 Å². The van der Waals surface area contributed by atoms with Gasteiger partial charge in [-0.1, -0.05) is 41.9 Å². The lowest BCUT2D eigenvalue weighted by molar-refractivity contribution is 0.159. The lowest BCUT2D eigenvalue weighted by Crippen LogP contribution is -2.42. The number of hydrogen-bond donors (Lipinski definition) is 2. The number of methoxy groups -OCH3 is 1. The first-order valence-corrected chi connectivity index (χ1v) is 12.8. The fraction of sp³-hybridized carbons (Fsp3) is 0.250. The summed E-state index contributed by atoms with van der Waals surface area (Å²) in [4.78, 5) is 19.8. The lowest BCUT2D eigenvalue weighted by atomic mass is 9.94. The van der Waals surface area contributed by atoms with E-state index in [4.69, 9.17) is 16.3 Å². The van der Waals surface area contributed by atoms with Gasteiger partial charge in [0.25, 0.3) is 0 Å². The highest BCUT2D eigenvalue weighted by Gasteiger charge is 2.35. The molecule has 1 aliphatic rings. The highest BCUT2D eigenvalue weighted by Crippen LogP contribution is 2.35. The number of rotatable bonds is 8. The van der Waals surface area contributed by atoms with E-state index in [1.165, 1.54) is 6.07 Å². The Bertz CT molecular complexity index is 1440. The van der Waals surface area contributed by atoms with Crippen molar-refractivity contribution in [2.24, 2.45) is 0 Å². The second-order valence-electron chi connectivity index (χ2n) is 9.21. The molecule has 2 amide bonds. The second kappa shape index (κ2) is 11.9. The van der Waals surface area contributed by atoms with Crippen LogP contribution in [0.4, 0.5) is 19.4 Å². The molecule has 1 fully saturated rings. The predicted molar refractivity (Wildman–Crippen MR) is 145 cm³/mol. The van der Waals surface area contributed by atoms with Gasteiger partial charge in [0.1, 0.15) is 10.7 Å². The van der Waals surface area contributed by atoms with E-state index in [0.29, 0.717) is 48.9 Å². The number of nitrogens with one attached hydrogen (secondary N) is 2. The zero-order valence-electron chi connectivity index (χ0n) is 21.2. The summed E-state index contributed by atoms with van der Waals surface area (Å²) in [5.74, 6) is -1.82. The average Bonchev–Trinajstić information content (AvgIpc) is 3.50. The SMILES string of the molecule is COCCN1C[C@@H](NC(=O)Nc2c(Cl)c(-c3ccccn3)nn2-c2ccccc2)[C@H](c2ccc(F)c(F)c2)C1. The van der Waals surface area contributed by atoms with Crippen LogP contribution in [0.2, 0.25) is 5.02 Å². The van der Waals surface area contributed by atoms with Crippen molar-refractivity contribution in [2.45, 2.75) is 12.0 Å². The topological polar surface area (TPSA) is 84.3 Å². The minimum atomic E-state index is -0.924. The molecule has 2 aromatic carbocycles. The summed E-state index contributed by atoms with van der Waals surface area (Å²) in [5, 5.41) is 10.7. The number of para-hydroxylation sites is 1. The number of nitrogens with zero attached hydrogens (tertiary/aromatic N) is 4. The van der Waals surface area contributed by atoms with Crippen molar-refractivity contribution < 1.29 is 18.3 Å². The van der Waals surface area contributed by atoms with E-state index in [9.17, 15) is 13.6 Å². The lowest BCUT2D eigenvalue weighted by Gasteiger charge is -2.21. The van der Waals surface area contributed by atoms with Crippen LogP contribution >= 0.6 is 11.6 Å². The van der Waals surface area contributed by atoms with Gasteiger partial charge in [-0.2, -0.15) is 5.10 Å². The van der Waals surface area contributed by atoms with Crippen LogP contribution in [-0.2, 0) is 4.74 Å². The van der Waals surface area contributed by atoms with Crippen molar-refractivity contribution in [3.05, 3.63) is 95.1 Å². The van der Waals surface area contributed by atoms with E-state index in [0.717, 1.165) is 6.07 Å². The Morgan fingerprint density at radius 1 is 1.08 bits per heavy atom. The third-order valence-electron chi connectivity index (χ3n) is 6.66. The third-order valence-corrected chi connectivity index (χ3v) is 7.02. The van der Waals surface area contributed by atoms with Gasteiger partial charge in [-0.05, 0) is 42.0 Å². The fourth-order valence-corrected chi connectivity index (χ4v) is 5.02. The molecule has 11 heteroatoms. The molecule has 2 aromatic heterocycles. The van der Waals surface area contributed by atoms with Gasteiger partial charge in [0, 0.05) is 38.9 Å². The summed E-state index contributed by atoms with van der Waals surface area (Å²) >= 11 is 6.75. The summed E-state index contributed by atoms with van der Waals surface area (Å²) in [7, 11) is 1.62. The molecule has 0 aliphatic carbocycles. The number of hydrogen-bond acceptors (Lipinski definition) is 5. The van der Waals surface area contributed by atoms with E-state index in [1.54, 1.807) is 36.2 Å². The minimum Gasteiger partial charge on any atom is -0.383 e. The van der Waals surface area contributed by atoms with Crippen LogP contribution < -0.4 is 10.6 Å². The first-order chi connectivity index (χ1) is 18.9. The summed E-state index contributed by atoms with van der Waals surface area (Å²) in [6.07, 6.45) is 1.64. The molecule has 8 nitrogen and oxygen atoms in total. The molecule has 3 heterocycles. The molecule has 39 heavy (non-hydrogen) atoms. The molecule has 0 radical (unpaired) electrons. The Morgan fingerprint density at radius 2 is 1.87 bits per heavy atom. The molecule has 0 spiro atoms. The number of carbonyl (C=O) groups is 1. The van der Waals surface area contributed by atoms with Crippen LogP contribution in [-0.4, -0.2) is 65.1 Å². The van der Waals surface area contributed by atoms with Crippen LogP contribution in [0.25, 0.3) is 17.1 Å². The summed E-state index contributed by atoms with van der Waals surface area (Å²) < 4.78 is 34.4. The van der Waals surface area contributed by atoms with Gasteiger partial charge >= 0.3 is 6.03 Å². The zero-order valence-corrected chi connectivity index (χ0v) is 21.9. The predicted octanol–water partition coefficient (Wildman–Crippen LogP) is 5.10. The molecule has 0 bridgehead atoms. The molecule has 5 rings (SSSR count). The van der Waals surface area contributed by atoms with Gasteiger partial charge in [0.2, 0.25) is 0 Å². The number of carbonyl (C=O) groups excluding carboxylic acids is 1. The van der Waals surface area contributed by atoms with Crippen LogP contribution in [0.3, 0.4) is 0 Å². The first-order valence-electron chi connectivity index (χ1n) is 12.4. The monoisotopic (exact) mass is 552 g/mol. The number of halogens is 3. The smallest absolute Gasteiger partial charge is 0.320 e. The maximum absolute atomic E-state index is 14.1. The molecule has 202 valence electrons. The van der Waals surface area contributed by atoms with Crippen LogP contribution in [0.1, 0.15) is 11.5 Å². The van der Waals surface area contributed by atoms with Gasteiger partial charge < -0.3 is 10.1 Å². The zero-order chi connectivity index (χ0) is 27.4. The number of benzene rings is 2. The summed E-state index contributed by atoms with van der Waals surface area (Å²) in [6, 6.07) is 17.6. The normalized spacial score (nSPS) is 17.3. The number of anilines is 1.